The van der Waals surface area contributed by atoms with Gasteiger partial charge in [-0.2, -0.15) is 0 Å². The molecule has 1 aromatic heterocycles. The van der Waals surface area contributed by atoms with Crippen LogP contribution in [0, 0.1) is 0 Å². The molecule has 0 aromatic carbocycles. The minimum atomic E-state index is 1.10. The Morgan fingerprint density at radius 3 is 2.57 bits per heavy atom. The second-order valence-electron chi connectivity index (χ2n) is 2.37. The van der Waals surface area contributed by atoms with Crippen molar-refractivity contribution in [3.8, 4) is 0 Å². The molecule has 0 atom stereocenters. The van der Waals surface area contributed by atoms with Crippen LogP contribution >= 0.6 is 0 Å². The fourth-order valence-electron chi connectivity index (χ4n) is 0.988. The Labute approximate surface area is 86.4 Å². The lowest BCUT2D eigenvalue weighted by Crippen LogP contribution is -1.85. The van der Waals surface area contributed by atoms with Crippen LogP contribution in [0.15, 0.2) is 35.6 Å². The fraction of sp³-hybridized carbons (Fsp3) is 0.333. The van der Waals surface area contributed by atoms with Crippen molar-refractivity contribution in [2.24, 2.45) is 4.99 Å². The molecule has 76 valence electrons. The number of aromatic nitrogens is 1. The van der Waals surface area contributed by atoms with Gasteiger partial charge in [0.05, 0.1) is 0 Å². The highest BCUT2D eigenvalue weighted by Crippen LogP contribution is 2.09. The van der Waals surface area contributed by atoms with Crippen LogP contribution in [0.4, 0.5) is 0 Å². The van der Waals surface area contributed by atoms with Crippen molar-refractivity contribution in [3.05, 3.63) is 36.2 Å². The van der Waals surface area contributed by atoms with Crippen molar-refractivity contribution in [2.45, 2.75) is 20.8 Å². The summed E-state index contributed by atoms with van der Waals surface area (Å²) in [5, 5.41) is 0. The number of allylic oxidation sites excluding steroid dienone is 2. The van der Waals surface area contributed by atoms with Gasteiger partial charge in [-0.1, -0.05) is 26.0 Å². The van der Waals surface area contributed by atoms with Gasteiger partial charge in [0.2, 0.25) is 0 Å². The molecule has 2 nitrogen and oxygen atoms in total. The monoisotopic (exact) mass is 190 g/mol. The van der Waals surface area contributed by atoms with Gasteiger partial charge in [0.1, 0.15) is 0 Å². The molecule has 0 amide bonds. The van der Waals surface area contributed by atoms with Crippen LogP contribution in [0.25, 0.3) is 5.57 Å². The summed E-state index contributed by atoms with van der Waals surface area (Å²) >= 11 is 0. The Balaban J connectivity index is 0.000000791. The number of hydrogen-bond acceptors (Lipinski definition) is 2. The van der Waals surface area contributed by atoms with Crippen molar-refractivity contribution in [1.29, 1.82) is 0 Å². The van der Waals surface area contributed by atoms with E-state index in [0.717, 1.165) is 11.1 Å². The smallest absolute Gasteiger partial charge is 0.0346 e. The predicted octanol–water partition coefficient (Wildman–Crippen LogP) is 3.21. The molecule has 0 bridgehead atoms. The van der Waals surface area contributed by atoms with E-state index in [1.165, 1.54) is 0 Å². The third-order valence-electron chi connectivity index (χ3n) is 1.57. The molecule has 1 heterocycles. The second-order valence-corrected chi connectivity index (χ2v) is 2.37. The number of pyridine rings is 1. The number of rotatable bonds is 2. The van der Waals surface area contributed by atoms with Crippen molar-refractivity contribution >= 4 is 11.8 Å². The van der Waals surface area contributed by atoms with Crippen molar-refractivity contribution in [2.75, 3.05) is 7.05 Å². The maximum Gasteiger partial charge on any atom is 0.0346 e. The van der Waals surface area contributed by atoms with Crippen molar-refractivity contribution in [1.82, 2.24) is 4.98 Å². The van der Waals surface area contributed by atoms with Crippen LogP contribution in [-0.2, 0) is 0 Å². The molecule has 0 aliphatic carbocycles. The van der Waals surface area contributed by atoms with Gasteiger partial charge >= 0.3 is 0 Å². The zero-order valence-electron chi connectivity index (χ0n) is 9.36. The van der Waals surface area contributed by atoms with E-state index in [1.54, 1.807) is 13.2 Å². The van der Waals surface area contributed by atoms with Gasteiger partial charge < -0.3 is 0 Å². The fourth-order valence-corrected chi connectivity index (χ4v) is 0.988. The lowest BCUT2D eigenvalue weighted by molar-refractivity contribution is 1.31. The van der Waals surface area contributed by atoms with E-state index in [2.05, 4.69) is 9.98 Å². The molecule has 1 rings (SSSR count). The van der Waals surface area contributed by atoms with Gasteiger partial charge in [0.25, 0.3) is 0 Å². The van der Waals surface area contributed by atoms with Gasteiger partial charge in [-0.25, -0.2) is 0 Å². The Hall–Kier alpha value is -1.44. The summed E-state index contributed by atoms with van der Waals surface area (Å²) < 4.78 is 0. The highest BCUT2D eigenvalue weighted by atomic mass is 14.6. The molecule has 0 unspecified atom stereocenters. The first-order chi connectivity index (χ1) is 6.88. The standard InChI is InChI=1S/C10H12N2.C2H6/c1-3-9(7-11-2)10-5-4-6-12-8-10;1-2/h3-8H,1-2H3;1-2H3/b9-3+,11-7?;. The highest BCUT2D eigenvalue weighted by molar-refractivity contribution is 6.09. The van der Waals surface area contributed by atoms with Crippen molar-refractivity contribution < 1.29 is 0 Å². The quantitative estimate of drug-likeness (QED) is 0.657. The zero-order chi connectivity index (χ0) is 10.8. The molecular formula is C12H18N2. The first kappa shape index (κ1) is 12.6. The lowest BCUT2D eigenvalue weighted by atomic mass is 10.1. The first-order valence-corrected chi connectivity index (χ1v) is 4.87. The average molecular weight is 190 g/mol. The molecule has 0 saturated heterocycles. The molecule has 14 heavy (non-hydrogen) atoms. The Morgan fingerprint density at radius 2 is 2.14 bits per heavy atom. The Bertz CT molecular complexity index is 286. The SMILES string of the molecule is C/C=C(\C=NC)c1cccnc1.CC. The van der Waals surface area contributed by atoms with E-state index in [1.807, 2.05) is 51.4 Å². The van der Waals surface area contributed by atoms with Gasteiger partial charge in [-0.05, 0) is 18.6 Å². The van der Waals surface area contributed by atoms with E-state index in [9.17, 15) is 0 Å². The number of hydrogen-bond donors (Lipinski definition) is 0. The molecule has 0 aliphatic rings. The molecule has 0 radical (unpaired) electrons. The van der Waals surface area contributed by atoms with Crippen LogP contribution in [-0.4, -0.2) is 18.2 Å². The van der Waals surface area contributed by atoms with Gasteiger partial charge in [-0.15, -0.1) is 0 Å². The van der Waals surface area contributed by atoms with Crippen LogP contribution in [0.5, 0.6) is 0 Å². The molecule has 2 heteroatoms. The second kappa shape index (κ2) is 8.17. The van der Waals surface area contributed by atoms with E-state index < -0.39 is 0 Å². The molecule has 0 saturated carbocycles. The number of nitrogens with zero attached hydrogens (tertiary/aromatic N) is 2. The molecule has 0 N–H and O–H groups in total. The highest BCUT2D eigenvalue weighted by Gasteiger charge is 1.94. The summed E-state index contributed by atoms with van der Waals surface area (Å²) in [6.07, 6.45) is 7.44. The minimum absolute atomic E-state index is 1.10. The summed E-state index contributed by atoms with van der Waals surface area (Å²) in [5.41, 5.74) is 2.20. The summed E-state index contributed by atoms with van der Waals surface area (Å²) in [4.78, 5) is 8.00. The molecular weight excluding hydrogens is 172 g/mol. The van der Waals surface area contributed by atoms with Gasteiger partial charge in [0, 0.05) is 31.2 Å². The Morgan fingerprint density at radius 1 is 1.43 bits per heavy atom. The van der Waals surface area contributed by atoms with Crippen LogP contribution in [0.2, 0.25) is 0 Å². The first-order valence-electron chi connectivity index (χ1n) is 4.87. The minimum Gasteiger partial charge on any atom is -0.296 e. The molecule has 0 spiro atoms. The maximum atomic E-state index is 4.03. The third kappa shape index (κ3) is 3.99. The maximum absolute atomic E-state index is 4.03. The average Bonchev–Trinajstić information content (AvgIpc) is 2.30. The number of aliphatic imine (C=N–C) groups is 1. The largest absolute Gasteiger partial charge is 0.296 e. The lowest BCUT2D eigenvalue weighted by Gasteiger charge is -1.98. The summed E-state index contributed by atoms with van der Waals surface area (Å²) in [5.74, 6) is 0. The van der Waals surface area contributed by atoms with Crippen LogP contribution in [0.3, 0.4) is 0 Å². The predicted molar refractivity (Wildman–Crippen MR) is 63.7 cm³/mol. The summed E-state index contributed by atoms with van der Waals surface area (Å²) in [6, 6.07) is 3.94. The van der Waals surface area contributed by atoms with Crippen molar-refractivity contribution in [3.63, 3.8) is 0 Å². The zero-order valence-corrected chi connectivity index (χ0v) is 9.36. The summed E-state index contributed by atoms with van der Waals surface area (Å²) in [6.45, 7) is 5.99. The normalized spacial score (nSPS) is 11.0. The van der Waals surface area contributed by atoms with Crippen LogP contribution in [0.1, 0.15) is 26.3 Å². The summed E-state index contributed by atoms with van der Waals surface area (Å²) in [7, 11) is 1.76. The van der Waals surface area contributed by atoms with E-state index in [0.29, 0.717) is 0 Å². The molecule has 1 aromatic rings. The van der Waals surface area contributed by atoms with E-state index in [4.69, 9.17) is 0 Å². The van der Waals surface area contributed by atoms with Crippen LogP contribution < -0.4 is 0 Å². The van der Waals surface area contributed by atoms with E-state index >= 15 is 0 Å². The van der Waals surface area contributed by atoms with Gasteiger partial charge in [0.15, 0.2) is 0 Å². The Kier molecular flexibility index (Phi) is 7.33. The molecule has 0 aliphatic heterocycles. The third-order valence-corrected chi connectivity index (χ3v) is 1.57. The molecule has 0 fully saturated rings. The topological polar surface area (TPSA) is 25.2 Å². The van der Waals surface area contributed by atoms with E-state index in [-0.39, 0.29) is 0 Å². The van der Waals surface area contributed by atoms with Gasteiger partial charge in [-0.3, -0.25) is 9.98 Å².